The Balaban J connectivity index is 1.96. The molecule has 0 aliphatic carbocycles. The third kappa shape index (κ3) is 5.26. The number of benzene rings is 2. The molecule has 0 spiro atoms. The number of aliphatic hydroxyl groups is 1. The molecule has 134 valence electrons. The molecule has 6 heteroatoms. The zero-order valence-corrected chi connectivity index (χ0v) is 14.3. The number of nitrogens with one attached hydrogen (secondary N) is 1. The minimum atomic E-state index is -0.822. The predicted octanol–water partition coefficient (Wildman–Crippen LogP) is 3.54. The molecule has 2 amide bonds. The van der Waals surface area contributed by atoms with E-state index in [0.717, 1.165) is 23.8 Å². The number of nitrogens with zero attached hydrogens (tertiary/aromatic N) is 1. The highest BCUT2D eigenvalue weighted by Crippen LogP contribution is 2.15. The van der Waals surface area contributed by atoms with Crippen molar-refractivity contribution in [2.45, 2.75) is 26.5 Å². The molecule has 0 aliphatic rings. The molecule has 2 aromatic carbocycles. The summed E-state index contributed by atoms with van der Waals surface area (Å²) in [6.45, 7) is 4.09. The van der Waals surface area contributed by atoms with Crippen LogP contribution >= 0.6 is 0 Å². The highest BCUT2D eigenvalue weighted by atomic mass is 19.1. The Morgan fingerprint density at radius 2 is 1.88 bits per heavy atom. The number of aliphatic hydroxyl groups excluding tert-OH is 1. The summed E-state index contributed by atoms with van der Waals surface area (Å²) in [6, 6.07) is 10.1. The van der Waals surface area contributed by atoms with Gasteiger partial charge in [0.25, 0.3) is 0 Å². The number of aryl methyl sites for hydroxylation is 1. The van der Waals surface area contributed by atoms with Crippen LogP contribution in [0.25, 0.3) is 0 Å². The van der Waals surface area contributed by atoms with Gasteiger partial charge in [0.2, 0.25) is 0 Å². The van der Waals surface area contributed by atoms with Crippen molar-refractivity contribution in [2.24, 2.45) is 0 Å². The zero-order valence-electron chi connectivity index (χ0n) is 14.3. The Morgan fingerprint density at radius 1 is 1.20 bits per heavy atom. The highest BCUT2D eigenvalue weighted by Gasteiger charge is 2.17. The Hall–Kier alpha value is -2.47. The van der Waals surface area contributed by atoms with Crippen molar-refractivity contribution in [1.82, 2.24) is 10.2 Å². The molecule has 0 saturated heterocycles. The van der Waals surface area contributed by atoms with Crippen LogP contribution < -0.4 is 5.32 Å². The molecule has 4 nitrogen and oxygen atoms in total. The molecule has 1 atom stereocenters. The van der Waals surface area contributed by atoms with E-state index >= 15 is 0 Å². The van der Waals surface area contributed by atoms with Crippen molar-refractivity contribution in [3.63, 3.8) is 0 Å². The van der Waals surface area contributed by atoms with Crippen LogP contribution in [0.3, 0.4) is 0 Å². The molecule has 0 radical (unpaired) electrons. The third-order valence-electron chi connectivity index (χ3n) is 3.96. The maximum atomic E-state index is 13.6. The summed E-state index contributed by atoms with van der Waals surface area (Å²) in [7, 11) is 0. The molecule has 2 N–H and O–H groups in total. The number of urea groups is 1. The lowest BCUT2D eigenvalue weighted by Gasteiger charge is -2.24. The summed E-state index contributed by atoms with van der Waals surface area (Å²) in [5, 5.41) is 12.8. The van der Waals surface area contributed by atoms with Crippen molar-refractivity contribution >= 4 is 6.03 Å². The molecule has 0 fully saturated rings. The van der Waals surface area contributed by atoms with Crippen LogP contribution in [0.5, 0.6) is 0 Å². The first kappa shape index (κ1) is 18.9. The largest absolute Gasteiger partial charge is 0.387 e. The lowest BCUT2D eigenvalue weighted by Crippen LogP contribution is -2.41. The van der Waals surface area contributed by atoms with Gasteiger partial charge in [-0.1, -0.05) is 29.8 Å². The lowest BCUT2D eigenvalue weighted by molar-refractivity contribution is 0.123. The second-order valence-corrected chi connectivity index (χ2v) is 5.86. The van der Waals surface area contributed by atoms with Crippen LogP contribution in [0, 0.1) is 18.6 Å². The molecule has 0 aromatic heterocycles. The first-order chi connectivity index (χ1) is 11.9. The normalized spacial score (nSPS) is 11.9. The number of amides is 2. The van der Waals surface area contributed by atoms with E-state index in [-0.39, 0.29) is 18.7 Å². The first-order valence-corrected chi connectivity index (χ1v) is 8.12. The zero-order chi connectivity index (χ0) is 18.4. The minimum Gasteiger partial charge on any atom is -0.387 e. The van der Waals surface area contributed by atoms with E-state index in [4.69, 9.17) is 0 Å². The summed E-state index contributed by atoms with van der Waals surface area (Å²) in [6.07, 6.45) is -0.822. The number of carbonyl (C=O) groups is 1. The van der Waals surface area contributed by atoms with Crippen molar-refractivity contribution in [1.29, 1.82) is 0 Å². The van der Waals surface area contributed by atoms with Crippen molar-refractivity contribution < 1.29 is 18.7 Å². The maximum absolute atomic E-state index is 13.6. The van der Waals surface area contributed by atoms with Gasteiger partial charge < -0.3 is 15.3 Å². The van der Waals surface area contributed by atoms with Crippen LogP contribution in [0.4, 0.5) is 13.6 Å². The summed E-state index contributed by atoms with van der Waals surface area (Å²) in [5.41, 5.74) is 1.87. The third-order valence-corrected chi connectivity index (χ3v) is 3.96. The summed E-state index contributed by atoms with van der Waals surface area (Å²) >= 11 is 0. The smallest absolute Gasteiger partial charge is 0.317 e. The van der Waals surface area contributed by atoms with Gasteiger partial charge in [-0.3, -0.25) is 0 Å². The SMILES string of the molecule is CCN(CC(O)c1ccc(C)cc1)C(=O)NCc1cc(F)ccc1F. The molecule has 0 aliphatic heterocycles. The molecule has 2 aromatic rings. The molecule has 0 saturated carbocycles. The van der Waals surface area contributed by atoms with Gasteiger partial charge in [-0.05, 0) is 37.6 Å². The predicted molar refractivity (Wildman–Crippen MR) is 92.0 cm³/mol. The average molecular weight is 348 g/mol. The Morgan fingerprint density at radius 3 is 2.52 bits per heavy atom. The van der Waals surface area contributed by atoms with Crippen molar-refractivity contribution in [3.05, 3.63) is 70.8 Å². The summed E-state index contributed by atoms with van der Waals surface area (Å²) < 4.78 is 26.8. The van der Waals surface area contributed by atoms with Gasteiger partial charge in [-0.25, -0.2) is 13.6 Å². The number of hydrogen-bond acceptors (Lipinski definition) is 2. The van der Waals surface area contributed by atoms with Gasteiger partial charge >= 0.3 is 6.03 Å². The van der Waals surface area contributed by atoms with Crippen LogP contribution in [-0.4, -0.2) is 29.1 Å². The molecular weight excluding hydrogens is 326 g/mol. The van der Waals surface area contributed by atoms with Gasteiger partial charge in [0.1, 0.15) is 11.6 Å². The fourth-order valence-electron chi connectivity index (χ4n) is 2.42. The van der Waals surface area contributed by atoms with Gasteiger partial charge in [-0.2, -0.15) is 0 Å². The Bertz CT molecular complexity index is 720. The van der Waals surface area contributed by atoms with Gasteiger partial charge in [0, 0.05) is 18.7 Å². The van der Waals surface area contributed by atoms with Crippen LogP contribution in [-0.2, 0) is 6.54 Å². The topological polar surface area (TPSA) is 52.6 Å². The van der Waals surface area contributed by atoms with E-state index in [1.807, 2.05) is 31.2 Å². The molecule has 1 unspecified atom stereocenters. The molecule has 25 heavy (non-hydrogen) atoms. The van der Waals surface area contributed by atoms with E-state index < -0.39 is 23.8 Å². The van der Waals surface area contributed by atoms with E-state index in [0.29, 0.717) is 12.1 Å². The monoisotopic (exact) mass is 348 g/mol. The Kier molecular flexibility index (Phi) is 6.47. The lowest BCUT2D eigenvalue weighted by atomic mass is 10.1. The number of rotatable bonds is 6. The second-order valence-electron chi connectivity index (χ2n) is 5.86. The first-order valence-electron chi connectivity index (χ1n) is 8.12. The standard InChI is InChI=1S/C19H22F2N2O2/c1-3-23(12-18(24)14-6-4-13(2)5-7-14)19(25)22-11-15-10-16(20)8-9-17(15)21/h4-10,18,24H,3,11-12H2,1-2H3,(H,22,25). The molecular formula is C19H22F2N2O2. The molecule has 2 rings (SSSR count). The summed E-state index contributed by atoms with van der Waals surface area (Å²) in [4.78, 5) is 13.7. The van der Waals surface area contributed by atoms with Crippen LogP contribution in [0.2, 0.25) is 0 Å². The highest BCUT2D eigenvalue weighted by molar-refractivity contribution is 5.74. The van der Waals surface area contributed by atoms with Crippen molar-refractivity contribution in [3.8, 4) is 0 Å². The fraction of sp³-hybridized carbons (Fsp3) is 0.316. The maximum Gasteiger partial charge on any atom is 0.317 e. The summed E-state index contributed by atoms with van der Waals surface area (Å²) in [5.74, 6) is -1.14. The fourth-order valence-corrected chi connectivity index (χ4v) is 2.42. The minimum absolute atomic E-state index is 0.0727. The second kappa shape index (κ2) is 8.58. The number of halogens is 2. The molecule has 0 heterocycles. The average Bonchev–Trinajstić information content (AvgIpc) is 2.60. The number of likely N-dealkylation sites (N-methyl/N-ethyl adjacent to an activating group) is 1. The van der Waals surface area contributed by atoms with Gasteiger partial charge in [-0.15, -0.1) is 0 Å². The number of carbonyl (C=O) groups excluding carboxylic acids is 1. The van der Waals surface area contributed by atoms with E-state index in [9.17, 15) is 18.7 Å². The Labute approximate surface area is 146 Å². The van der Waals surface area contributed by atoms with Crippen LogP contribution in [0.15, 0.2) is 42.5 Å². The van der Waals surface area contributed by atoms with E-state index in [1.54, 1.807) is 6.92 Å². The quantitative estimate of drug-likeness (QED) is 0.839. The number of hydrogen-bond donors (Lipinski definition) is 2. The van der Waals surface area contributed by atoms with E-state index in [2.05, 4.69) is 5.32 Å². The van der Waals surface area contributed by atoms with E-state index in [1.165, 1.54) is 4.90 Å². The van der Waals surface area contributed by atoms with Crippen molar-refractivity contribution in [2.75, 3.05) is 13.1 Å². The van der Waals surface area contributed by atoms with Gasteiger partial charge in [0.15, 0.2) is 0 Å². The van der Waals surface area contributed by atoms with Gasteiger partial charge in [0.05, 0.1) is 12.6 Å². The molecule has 0 bridgehead atoms. The van der Waals surface area contributed by atoms with Crippen LogP contribution in [0.1, 0.15) is 29.7 Å².